The Labute approximate surface area is 115 Å². The minimum atomic E-state index is -0.462. The van der Waals surface area contributed by atoms with Gasteiger partial charge in [0.25, 0.3) is 0 Å². The molecule has 1 amide bonds. The summed E-state index contributed by atoms with van der Waals surface area (Å²) in [5.74, 6) is 0.178. The van der Waals surface area contributed by atoms with Gasteiger partial charge in [0, 0.05) is 39.2 Å². The second kappa shape index (κ2) is 7.22. The Balaban J connectivity index is 1.65. The topological polar surface area (TPSA) is 53.0 Å². The predicted octanol–water partition coefficient (Wildman–Crippen LogP) is 0.471. The van der Waals surface area contributed by atoms with Crippen molar-refractivity contribution in [2.75, 3.05) is 39.8 Å². The van der Waals surface area contributed by atoms with Gasteiger partial charge in [0.15, 0.2) is 0 Å². The molecule has 2 rings (SSSR count). The average Bonchev–Trinajstić information content (AvgIpc) is 2.76. The highest BCUT2D eigenvalue weighted by atomic mass is 16.5. The highest BCUT2D eigenvalue weighted by Crippen LogP contribution is 2.14. The number of carbonyl (C=O) groups excluding carboxylic acids is 1. The van der Waals surface area contributed by atoms with Crippen molar-refractivity contribution in [2.24, 2.45) is 0 Å². The molecule has 5 heteroatoms. The average molecular weight is 270 g/mol. The van der Waals surface area contributed by atoms with Gasteiger partial charge in [-0.1, -0.05) is 0 Å². The molecule has 2 saturated heterocycles. The van der Waals surface area contributed by atoms with Crippen molar-refractivity contribution in [2.45, 2.75) is 44.3 Å². The third-order valence-corrected chi connectivity index (χ3v) is 3.91. The van der Waals surface area contributed by atoms with Crippen molar-refractivity contribution >= 4 is 5.91 Å². The maximum atomic E-state index is 11.5. The van der Waals surface area contributed by atoms with E-state index < -0.39 is 6.10 Å². The third-order valence-electron chi connectivity index (χ3n) is 3.91. The third kappa shape index (κ3) is 4.75. The number of hydrogen-bond donors (Lipinski definition) is 1. The van der Waals surface area contributed by atoms with Crippen LogP contribution in [0.25, 0.3) is 0 Å². The fourth-order valence-corrected chi connectivity index (χ4v) is 2.94. The van der Waals surface area contributed by atoms with Crippen molar-refractivity contribution in [1.82, 2.24) is 9.80 Å². The Hall–Kier alpha value is -0.650. The molecular formula is C14H26N2O3. The molecule has 19 heavy (non-hydrogen) atoms. The van der Waals surface area contributed by atoms with Crippen LogP contribution in [0, 0.1) is 0 Å². The van der Waals surface area contributed by atoms with Gasteiger partial charge in [0.05, 0.1) is 12.2 Å². The Morgan fingerprint density at radius 1 is 1.47 bits per heavy atom. The summed E-state index contributed by atoms with van der Waals surface area (Å²) in [6.45, 7) is 3.60. The number of rotatable bonds is 6. The van der Waals surface area contributed by atoms with Crippen LogP contribution in [-0.2, 0) is 9.53 Å². The number of likely N-dealkylation sites (N-methyl/N-ethyl adjacent to an activating group) is 1. The molecule has 2 heterocycles. The van der Waals surface area contributed by atoms with Crippen LogP contribution in [0.4, 0.5) is 0 Å². The van der Waals surface area contributed by atoms with E-state index in [1.165, 1.54) is 12.8 Å². The summed E-state index contributed by atoms with van der Waals surface area (Å²) in [6.07, 6.45) is 4.93. The Morgan fingerprint density at radius 3 is 2.95 bits per heavy atom. The standard InChI is InChI=1S/C14H26N2O3/c1-15(11-13-5-2-3-8-19-13)9-12(17)10-16-7-4-6-14(16)18/h12-13,17H,2-11H2,1H3. The van der Waals surface area contributed by atoms with Gasteiger partial charge in [-0.15, -0.1) is 0 Å². The first kappa shape index (κ1) is 14.8. The van der Waals surface area contributed by atoms with E-state index in [0.717, 1.165) is 32.5 Å². The minimum Gasteiger partial charge on any atom is -0.390 e. The molecule has 2 atom stereocenters. The Kier molecular flexibility index (Phi) is 5.60. The first-order valence-electron chi connectivity index (χ1n) is 7.41. The number of aliphatic hydroxyl groups excluding tert-OH is 1. The maximum Gasteiger partial charge on any atom is 0.222 e. The molecule has 0 bridgehead atoms. The number of hydrogen-bond acceptors (Lipinski definition) is 4. The van der Waals surface area contributed by atoms with Gasteiger partial charge in [0.1, 0.15) is 0 Å². The second-order valence-electron chi connectivity index (χ2n) is 5.81. The zero-order chi connectivity index (χ0) is 13.7. The molecule has 0 spiro atoms. The molecule has 2 fully saturated rings. The largest absolute Gasteiger partial charge is 0.390 e. The van der Waals surface area contributed by atoms with Gasteiger partial charge >= 0.3 is 0 Å². The molecule has 0 saturated carbocycles. The molecule has 0 radical (unpaired) electrons. The summed E-state index contributed by atoms with van der Waals surface area (Å²) in [5, 5.41) is 10.1. The quantitative estimate of drug-likeness (QED) is 0.762. The van der Waals surface area contributed by atoms with Crippen LogP contribution in [0.5, 0.6) is 0 Å². The lowest BCUT2D eigenvalue weighted by molar-refractivity contribution is -0.129. The summed E-state index contributed by atoms with van der Waals surface area (Å²) in [4.78, 5) is 15.4. The van der Waals surface area contributed by atoms with E-state index in [-0.39, 0.29) is 5.91 Å². The first-order chi connectivity index (χ1) is 9.15. The van der Waals surface area contributed by atoms with Crippen LogP contribution in [0.3, 0.4) is 0 Å². The van der Waals surface area contributed by atoms with E-state index in [0.29, 0.717) is 25.6 Å². The van der Waals surface area contributed by atoms with E-state index in [1.54, 1.807) is 4.90 Å². The summed E-state index contributed by atoms with van der Waals surface area (Å²) >= 11 is 0. The summed E-state index contributed by atoms with van der Waals surface area (Å²) in [5.41, 5.74) is 0. The predicted molar refractivity (Wildman–Crippen MR) is 72.9 cm³/mol. The number of aliphatic hydroxyl groups is 1. The molecule has 0 aliphatic carbocycles. The molecule has 0 aromatic heterocycles. The van der Waals surface area contributed by atoms with Crippen LogP contribution < -0.4 is 0 Å². The number of amides is 1. The van der Waals surface area contributed by atoms with Gasteiger partial charge in [-0.2, -0.15) is 0 Å². The number of nitrogens with zero attached hydrogens (tertiary/aromatic N) is 2. The van der Waals surface area contributed by atoms with Crippen molar-refractivity contribution in [1.29, 1.82) is 0 Å². The normalized spacial score (nSPS) is 26.2. The number of likely N-dealkylation sites (tertiary alicyclic amines) is 1. The number of carbonyl (C=O) groups is 1. The smallest absolute Gasteiger partial charge is 0.222 e. The van der Waals surface area contributed by atoms with Crippen molar-refractivity contribution in [3.8, 4) is 0 Å². The van der Waals surface area contributed by atoms with Crippen LogP contribution >= 0.6 is 0 Å². The highest BCUT2D eigenvalue weighted by molar-refractivity contribution is 5.78. The monoisotopic (exact) mass is 270 g/mol. The van der Waals surface area contributed by atoms with E-state index in [4.69, 9.17) is 4.74 Å². The van der Waals surface area contributed by atoms with Gasteiger partial charge in [-0.3, -0.25) is 4.79 Å². The Bertz CT molecular complexity index is 292. The van der Waals surface area contributed by atoms with Crippen molar-refractivity contribution in [3.63, 3.8) is 0 Å². The van der Waals surface area contributed by atoms with E-state index in [9.17, 15) is 9.90 Å². The van der Waals surface area contributed by atoms with E-state index >= 15 is 0 Å². The maximum absolute atomic E-state index is 11.5. The molecule has 1 N–H and O–H groups in total. The van der Waals surface area contributed by atoms with Gasteiger partial charge in [0.2, 0.25) is 5.91 Å². The van der Waals surface area contributed by atoms with E-state index in [1.807, 2.05) is 7.05 Å². The summed E-state index contributed by atoms with van der Waals surface area (Å²) in [7, 11) is 2.01. The number of β-amino-alcohol motifs (C(OH)–C–C–N with tert-alkyl or cyclic N) is 1. The van der Waals surface area contributed by atoms with Crippen LogP contribution in [0.15, 0.2) is 0 Å². The van der Waals surface area contributed by atoms with Crippen molar-refractivity contribution in [3.05, 3.63) is 0 Å². The van der Waals surface area contributed by atoms with Crippen LogP contribution in [-0.4, -0.2) is 72.9 Å². The molecule has 0 aromatic carbocycles. The molecule has 2 aliphatic rings. The fourth-order valence-electron chi connectivity index (χ4n) is 2.94. The molecule has 2 aliphatic heterocycles. The van der Waals surface area contributed by atoms with Gasteiger partial charge < -0.3 is 19.6 Å². The molecule has 0 aromatic rings. The summed E-state index contributed by atoms with van der Waals surface area (Å²) < 4.78 is 5.69. The first-order valence-corrected chi connectivity index (χ1v) is 7.41. The SMILES string of the molecule is CN(CC(O)CN1CCCC1=O)CC1CCCCO1. The highest BCUT2D eigenvalue weighted by Gasteiger charge is 2.23. The molecule has 5 nitrogen and oxygen atoms in total. The lowest BCUT2D eigenvalue weighted by Gasteiger charge is -2.29. The Morgan fingerprint density at radius 2 is 2.32 bits per heavy atom. The summed E-state index contributed by atoms with van der Waals surface area (Å²) in [6, 6.07) is 0. The zero-order valence-electron chi connectivity index (χ0n) is 11.9. The number of ether oxygens (including phenoxy) is 1. The lowest BCUT2D eigenvalue weighted by atomic mass is 10.1. The minimum absolute atomic E-state index is 0.178. The lowest BCUT2D eigenvalue weighted by Crippen LogP contribution is -2.42. The molecular weight excluding hydrogens is 244 g/mol. The van der Waals surface area contributed by atoms with Gasteiger partial charge in [-0.05, 0) is 32.7 Å². The van der Waals surface area contributed by atoms with E-state index in [2.05, 4.69) is 4.90 Å². The van der Waals surface area contributed by atoms with Crippen molar-refractivity contribution < 1.29 is 14.6 Å². The molecule has 2 unspecified atom stereocenters. The van der Waals surface area contributed by atoms with Crippen LogP contribution in [0.2, 0.25) is 0 Å². The second-order valence-corrected chi connectivity index (χ2v) is 5.81. The zero-order valence-corrected chi connectivity index (χ0v) is 11.9. The van der Waals surface area contributed by atoms with Gasteiger partial charge in [-0.25, -0.2) is 0 Å². The molecule has 110 valence electrons. The fraction of sp³-hybridized carbons (Fsp3) is 0.929. The van der Waals surface area contributed by atoms with Crippen LogP contribution in [0.1, 0.15) is 32.1 Å².